The van der Waals surface area contributed by atoms with Gasteiger partial charge in [0.1, 0.15) is 11.4 Å². The molecule has 0 fully saturated rings. The van der Waals surface area contributed by atoms with Crippen LogP contribution in [0.4, 0.5) is 4.39 Å². The SMILES string of the molecule is O=C(O)c1cn(Cc2cccc(F)c2Cl)ccc1=O. The van der Waals surface area contributed by atoms with Gasteiger partial charge in [-0.3, -0.25) is 4.79 Å². The summed E-state index contributed by atoms with van der Waals surface area (Å²) in [7, 11) is 0. The highest BCUT2D eigenvalue weighted by atomic mass is 35.5. The predicted molar refractivity (Wildman–Crippen MR) is 68.2 cm³/mol. The molecule has 2 aromatic rings. The number of aromatic nitrogens is 1. The van der Waals surface area contributed by atoms with Gasteiger partial charge in [-0.05, 0) is 11.6 Å². The molecule has 0 atom stereocenters. The van der Waals surface area contributed by atoms with E-state index in [0.29, 0.717) is 5.56 Å². The minimum atomic E-state index is -1.30. The molecule has 0 unspecified atom stereocenters. The van der Waals surface area contributed by atoms with Crippen LogP contribution in [0.1, 0.15) is 15.9 Å². The molecule has 0 spiro atoms. The van der Waals surface area contributed by atoms with Crippen molar-refractivity contribution in [3.63, 3.8) is 0 Å². The average molecular weight is 282 g/mol. The lowest BCUT2D eigenvalue weighted by Crippen LogP contribution is -2.16. The van der Waals surface area contributed by atoms with E-state index in [1.165, 1.54) is 29.1 Å². The van der Waals surface area contributed by atoms with Gasteiger partial charge in [0.05, 0.1) is 5.02 Å². The Bertz CT molecular complexity index is 697. The third-order valence-corrected chi connectivity index (χ3v) is 3.02. The zero-order valence-corrected chi connectivity index (χ0v) is 10.4. The van der Waals surface area contributed by atoms with Crippen LogP contribution < -0.4 is 5.43 Å². The Hall–Kier alpha value is -2.14. The van der Waals surface area contributed by atoms with E-state index >= 15 is 0 Å². The van der Waals surface area contributed by atoms with Crippen LogP contribution in [0, 0.1) is 5.82 Å². The molecule has 4 nitrogen and oxygen atoms in total. The van der Waals surface area contributed by atoms with Gasteiger partial charge in [-0.1, -0.05) is 23.7 Å². The fraction of sp³-hybridized carbons (Fsp3) is 0.0769. The summed E-state index contributed by atoms with van der Waals surface area (Å²) in [5, 5.41) is 8.84. The lowest BCUT2D eigenvalue weighted by atomic mass is 10.2. The lowest BCUT2D eigenvalue weighted by Gasteiger charge is -2.09. The summed E-state index contributed by atoms with van der Waals surface area (Å²) in [5.41, 5.74) is -0.411. The molecule has 1 heterocycles. The molecule has 0 saturated carbocycles. The molecule has 0 aliphatic heterocycles. The molecule has 0 saturated heterocycles. The average Bonchev–Trinajstić information content (AvgIpc) is 2.37. The van der Waals surface area contributed by atoms with Gasteiger partial charge in [-0.25, -0.2) is 9.18 Å². The van der Waals surface area contributed by atoms with Crippen LogP contribution in [0.2, 0.25) is 5.02 Å². The van der Waals surface area contributed by atoms with Crippen molar-refractivity contribution in [3.8, 4) is 0 Å². The van der Waals surface area contributed by atoms with Crippen LogP contribution in [-0.4, -0.2) is 15.6 Å². The van der Waals surface area contributed by atoms with Crippen molar-refractivity contribution in [2.75, 3.05) is 0 Å². The van der Waals surface area contributed by atoms with Crippen molar-refractivity contribution in [2.24, 2.45) is 0 Å². The van der Waals surface area contributed by atoms with Crippen LogP contribution in [0.25, 0.3) is 0 Å². The van der Waals surface area contributed by atoms with Crippen LogP contribution in [0.3, 0.4) is 0 Å². The normalized spacial score (nSPS) is 10.4. The number of carboxylic acid groups (broad SMARTS) is 1. The van der Waals surface area contributed by atoms with Gasteiger partial charge in [0, 0.05) is 25.0 Å². The fourth-order valence-electron chi connectivity index (χ4n) is 1.65. The minimum absolute atomic E-state index is 0.0157. The minimum Gasteiger partial charge on any atom is -0.477 e. The number of carbonyl (C=O) groups is 1. The van der Waals surface area contributed by atoms with Crippen molar-refractivity contribution < 1.29 is 14.3 Å². The van der Waals surface area contributed by atoms with Gasteiger partial charge in [0.15, 0.2) is 5.43 Å². The second-order valence-corrected chi connectivity index (χ2v) is 4.29. The smallest absolute Gasteiger partial charge is 0.341 e. The second kappa shape index (κ2) is 5.24. The predicted octanol–water partition coefficient (Wildman–Crippen LogP) is 2.39. The number of carboxylic acids is 1. The summed E-state index contributed by atoms with van der Waals surface area (Å²) in [6.45, 7) is 0.178. The van der Waals surface area contributed by atoms with E-state index in [9.17, 15) is 14.0 Å². The molecule has 2 rings (SSSR count). The Morgan fingerprint density at radius 3 is 2.79 bits per heavy atom. The number of aromatic carboxylic acids is 1. The molecule has 1 N–H and O–H groups in total. The quantitative estimate of drug-likeness (QED) is 0.940. The fourth-order valence-corrected chi connectivity index (χ4v) is 1.84. The lowest BCUT2D eigenvalue weighted by molar-refractivity contribution is 0.0694. The first kappa shape index (κ1) is 13.3. The Morgan fingerprint density at radius 1 is 1.37 bits per heavy atom. The second-order valence-electron chi connectivity index (χ2n) is 3.91. The van der Waals surface area contributed by atoms with E-state index in [-0.39, 0.29) is 17.1 Å². The number of halogens is 2. The monoisotopic (exact) mass is 281 g/mol. The highest BCUT2D eigenvalue weighted by molar-refractivity contribution is 6.31. The zero-order chi connectivity index (χ0) is 14.0. The first-order valence-electron chi connectivity index (χ1n) is 5.35. The molecular formula is C13H9ClFNO3. The maximum atomic E-state index is 13.3. The molecule has 0 radical (unpaired) electrons. The van der Waals surface area contributed by atoms with Gasteiger partial charge < -0.3 is 9.67 Å². The van der Waals surface area contributed by atoms with Gasteiger partial charge in [-0.2, -0.15) is 0 Å². The largest absolute Gasteiger partial charge is 0.477 e. The van der Waals surface area contributed by atoms with E-state index in [4.69, 9.17) is 16.7 Å². The maximum absolute atomic E-state index is 13.3. The van der Waals surface area contributed by atoms with Crippen molar-refractivity contribution in [1.29, 1.82) is 0 Å². The Kier molecular flexibility index (Phi) is 3.66. The summed E-state index contributed by atoms with van der Waals surface area (Å²) in [6, 6.07) is 5.53. The standard InChI is InChI=1S/C13H9ClFNO3/c14-12-8(2-1-3-10(12)15)6-16-5-4-11(17)9(7-16)13(18)19/h1-5,7H,6H2,(H,18,19). The summed E-state index contributed by atoms with van der Waals surface area (Å²) in [5.74, 6) is -1.84. The molecule has 19 heavy (non-hydrogen) atoms. The summed E-state index contributed by atoms with van der Waals surface area (Å²) < 4.78 is 14.7. The van der Waals surface area contributed by atoms with Gasteiger partial charge >= 0.3 is 5.97 Å². The third kappa shape index (κ3) is 2.82. The summed E-state index contributed by atoms with van der Waals surface area (Å²) in [4.78, 5) is 22.2. The van der Waals surface area contributed by atoms with Gasteiger partial charge in [0.2, 0.25) is 0 Å². The zero-order valence-electron chi connectivity index (χ0n) is 9.64. The van der Waals surface area contributed by atoms with Gasteiger partial charge in [0.25, 0.3) is 0 Å². The number of nitrogens with zero attached hydrogens (tertiary/aromatic N) is 1. The van der Waals surface area contributed by atoms with E-state index in [1.54, 1.807) is 6.07 Å². The first-order valence-corrected chi connectivity index (χ1v) is 5.73. The van der Waals surface area contributed by atoms with Crippen molar-refractivity contribution in [3.05, 3.63) is 68.8 Å². The Labute approximate surface area is 112 Å². The van der Waals surface area contributed by atoms with E-state index in [0.717, 1.165) is 6.07 Å². The van der Waals surface area contributed by atoms with Crippen molar-refractivity contribution in [2.45, 2.75) is 6.54 Å². The first-order chi connectivity index (χ1) is 8.99. The molecular weight excluding hydrogens is 273 g/mol. The number of pyridine rings is 1. The highest BCUT2D eigenvalue weighted by Crippen LogP contribution is 2.20. The Morgan fingerprint density at radius 2 is 2.11 bits per heavy atom. The molecule has 98 valence electrons. The van der Waals surface area contributed by atoms with E-state index in [2.05, 4.69) is 0 Å². The highest BCUT2D eigenvalue weighted by Gasteiger charge is 2.10. The van der Waals surface area contributed by atoms with Crippen LogP contribution >= 0.6 is 11.6 Å². The van der Waals surface area contributed by atoms with Crippen LogP contribution in [0.15, 0.2) is 41.5 Å². The molecule has 0 aliphatic rings. The van der Waals surface area contributed by atoms with E-state index < -0.39 is 17.2 Å². The molecule has 1 aromatic heterocycles. The summed E-state index contributed by atoms with van der Waals surface area (Å²) in [6.07, 6.45) is 2.63. The Balaban J connectivity index is 2.39. The van der Waals surface area contributed by atoms with Crippen molar-refractivity contribution >= 4 is 17.6 Å². The number of hydrogen-bond donors (Lipinski definition) is 1. The number of hydrogen-bond acceptors (Lipinski definition) is 2. The topological polar surface area (TPSA) is 59.3 Å². The van der Waals surface area contributed by atoms with E-state index in [1.807, 2.05) is 0 Å². The van der Waals surface area contributed by atoms with Crippen LogP contribution in [-0.2, 0) is 6.54 Å². The molecule has 6 heteroatoms. The van der Waals surface area contributed by atoms with Crippen LogP contribution in [0.5, 0.6) is 0 Å². The summed E-state index contributed by atoms with van der Waals surface area (Å²) >= 11 is 5.81. The molecule has 0 bridgehead atoms. The number of rotatable bonds is 3. The third-order valence-electron chi connectivity index (χ3n) is 2.59. The van der Waals surface area contributed by atoms with Crippen molar-refractivity contribution in [1.82, 2.24) is 4.57 Å². The van der Waals surface area contributed by atoms with Gasteiger partial charge in [-0.15, -0.1) is 0 Å². The molecule has 0 aliphatic carbocycles. The molecule has 1 aromatic carbocycles. The molecule has 0 amide bonds. The maximum Gasteiger partial charge on any atom is 0.341 e. The number of benzene rings is 1.